The molecule has 0 bridgehead atoms. The van der Waals surface area contributed by atoms with Gasteiger partial charge in [-0.15, -0.1) is 0 Å². The van der Waals surface area contributed by atoms with E-state index >= 15 is 0 Å². The lowest BCUT2D eigenvalue weighted by Gasteiger charge is -2.30. The molecule has 2 heterocycles. The highest BCUT2D eigenvalue weighted by atomic mass is 15.3. The average molecular weight is 218 g/mol. The molecule has 1 aliphatic carbocycles. The number of hydrogen-bond acceptors (Lipinski definition) is 4. The second kappa shape index (κ2) is 4.01. The summed E-state index contributed by atoms with van der Waals surface area (Å²) in [6.45, 7) is 1.94. The average Bonchev–Trinajstić information content (AvgIpc) is 3.13. The fourth-order valence-corrected chi connectivity index (χ4v) is 2.31. The van der Waals surface area contributed by atoms with E-state index in [2.05, 4.69) is 14.9 Å². The fraction of sp³-hybridized carbons (Fsp3) is 0.667. The Labute approximate surface area is 95.9 Å². The predicted molar refractivity (Wildman–Crippen MR) is 63.4 cm³/mol. The van der Waals surface area contributed by atoms with Crippen LogP contribution < -0.4 is 10.6 Å². The van der Waals surface area contributed by atoms with Crippen LogP contribution >= 0.6 is 0 Å². The summed E-state index contributed by atoms with van der Waals surface area (Å²) in [5.74, 6) is 1.57. The second-order valence-electron chi connectivity index (χ2n) is 4.90. The number of nitrogens with zero attached hydrogens (tertiary/aromatic N) is 3. The molecular formula is C12H18N4. The van der Waals surface area contributed by atoms with E-state index in [0.29, 0.717) is 5.92 Å². The molecular weight excluding hydrogens is 200 g/mol. The van der Waals surface area contributed by atoms with Gasteiger partial charge in [0.1, 0.15) is 0 Å². The Bertz CT molecular complexity index is 375. The van der Waals surface area contributed by atoms with Crippen LogP contribution in [0.1, 0.15) is 37.3 Å². The lowest BCUT2D eigenvalue weighted by molar-refractivity contribution is 0.499. The summed E-state index contributed by atoms with van der Waals surface area (Å²) < 4.78 is 0. The first kappa shape index (κ1) is 10.0. The second-order valence-corrected chi connectivity index (χ2v) is 4.90. The summed E-state index contributed by atoms with van der Waals surface area (Å²) in [5.41, 5.74) is 7.19. The first-order valence-corrected chi connectivity index (χ1v) is 6.16. The van der Waals surface area contributed by atoms with Gasteiger partial charge in [-0.05, 0) is 31.7 Å². The third-order valence-electron chi connectivity index (χ3n) is 3.40. The molecule has 0 spiro atoms. The minimum atomic E-state index is 0.280. The Morgan fingerprint density at radius 3 is 2.94 bits per heavy atom. The zero-order valence-electron chi connectivity index (χ0n) is 9.47. The Morgan fingerprint density at radius 1 is 1.31 bits per heavy atom. The maximum absolute atomic E-state index is 5.98. The highest BCUT2D eigenvalue weighted by molar-refractivity contribution is 5.33. The van der Waals surface area contributed by atoms with Gasteiger partial charge in [0.25, 0.3) is 0 Å². The van der Waals surface area contributed by atoms with Gasteiger partial charge in [-0.1, -0.05) is 0 Å². The molecule has 1 atom stereocenters. The van der Waals surface area contributed by atoms with Gasteiger partial charge < -0.3 is 10.6 Å². The highest BCUT2D eigenvalue weighted by Crippen LogP contribution is 2.39. The van der Waals surface area contributed by atoms with Crippen molar-refractivity contribution in [2.75, 3.05) is 18.0 Å². The van der Waals surface area contributed by atoms with Crippen molar-refractivity contribution in [3.8, 4) is 0 Å². The normalized spacial score (nSPS) is 25.8. The monoisotopic (exact) mass is 218 g/mol. The molecule has 0 aromatic carbocycles. The van der Waals surface area contributed by atoms with Crippen LogP contribution in [0.5, 0.6) is 0 Å². The predicted octanol–water partition coefficient (Wildman–Crippen LogP) is 1.28. The minimum Gasteiger partial charge on any atom is -0.339 e. The summed E-state index contributed by atoms with van der Waals surface area (Å²) in [4.78, 5) is 11.2. The van der Waals surface area contributed by atoms with Crippen molar-refractivity contribution >= 4 is 5.95 Å². The quantitative estimate of drug-likeness (QED) is 0.812. The Morgan fingerprint density at radius 2 is 2.19 bits per heavy atom. The molecule has 2 N–H and O–H groups in total. The van der Waals surface area contributed by atoms with Crippen LogP contribution in [0.25, 0.3) is 0 Å². The van der Waals surface area contributed by atoms with Crippen LogP contribution in [0.15, 0.2) is 12.3 Å². The van der Waals surface area contributed by atoms with E-state index in [1.807, 2.05) is 12.3 Å². The zero-order chi connectivity index (χ0) is 11.0. The maximum Gasteiger partial charge on any atom is 0.225 e. The molecule has 4 nitrogen and oxygen atoms in total. The molecule has 86 valence electrons. The van der Waals surface area contributed by atoms with Gasteiger partial charge in [0.15, 0.2) is 0 Å². The Balaban J connectivity index is 1.79. The molecule has 0 radical (unpaired) electrons. The molecule has 2 fully saturated rings. The Kier molecular flexibility index (Phi) is 2.52. The lowest BCUT2D eigenvalue weighted by atomic mass is 10.1. The number of rotatable bonds is 2. The van der Waals surface area contributed by atoms with Crippen LogP contribution in [0, 0.1) is 0 Å². The van der Waals surface area contributed by atoms with Crippen molar-refractivity contribution in [3.63, 3.8) is 0 Å². The van der Waals surface area contributed by atoms with E-state index in [4.69, 9.17) is 5.73 Å². The van der Waals surface area contributed by atoms with Gasteiger partial charge in [-0.2, -0.15) is 0 Å². The summed E-state index contributed by atoms with van der Waals surface area (Å²) in [6, 6.07) is 2.33. The number of aromatic nitrogens is 2. The van der Waals surface area contributed by atoms with Gasteiger partial charge >= 0.3 is 0 Å². The van der Waals surface area contributed by atoms with Crippen molar-refractivity contribution in [2.45, 2.75) is 37.6 Å². The van der Waals surface area contributed by atoms with E-state index in [0.717, 1.165) is 31.9 Å². The molecule has 1 aliphatic heterocycles. The molecule has 4 heteroatoms. The standard InChI is InChI=1S/C12H18N4/c13-10-2-1-7-16(8-10)12-14-6-5-11(15-12)9-3-4-9/h5-6,9-10H,1-4,7-8,13H2. The zero-order valence-corrected chi connectivity index (χ0v) is 9.47. The molecule has 1 aromatic rings. The van der Waals surface area contributed by atoms with Crippen molar-refractivity contribution in [3.05, 3.63) is 18.0 Å². The molecule has 2 aliphatic rings. The van der Waals surface area contributed by atoms with Crippen molar-refractivity contribution in [2.24, 2.45) is 5.73 Å². The highest BCUT2D eigenvalue weighted by Gasteiger charge is 2.26. The van der Waals surface area contributed by atoms with Crippen LogP contribution in [-0.2, 0) is 0 Å². The smallest absolute Gasteiger partial charge is 0.225 e. The van der Waals surface area contributed by atoms with E-state index < -0.39 is 0 Å². The van der Waals surface area contributed by atoms with Gasteiger partial charge in [0.2, 0.25) is 5.95 Å². The van der Waals surface area contributed by atoms with Crippen LogP contribution in [0.4, 0.5) is 5.95 Å². The number of piperidine rings is 1. The van der Waals surface area contributed by atoms with Gasteiger partial charge in [-0.25, -0.2) is 9.97 Å². The fourth-order valence-electron chi connectivity index (χ4n) is 2.31. The van der Waals surface area contributed by atoms with E-state index in [-0.39, 0.29) is 6.04 Å². The Hall–Kier alpha value is -1.16. The first-order valence-electron chi connectivity index (χ1n) is 6.16. The van der Waals surface area contributed by atoms with Gasteiger partial charge in [0, 0.05) is 36.9 Å². The molecule has 1 aromatic heterocycles. The molecule has 1 unspecified atom stereocenters. The molecule has 0 amide bonds. The van der Waals surface area contributed by atoms with E-state index in [9.17, 15) is 0 Å². The van der Waals surface area contributed by atoms with E-state index in [1.54, 1.807) is 0 Å². The van der Waals surface area contributed by atoms with Crippen LogP contribution in [0.2, 0.25) is 0 Å². The molecule has 16 heavy (non-hydrogen) atoms. The van der Waals surface area contributed by atoms with Gasteiger partial charge in [-0.3, -0.25) is 0 Å². The number of nitrogens with two attached hydrogens (primary N) is 1. The van der Waals surface area contributed by atoms with E-state index in [1.165, 1.54) is 18.5 Å². The summed E-state index contributed by atoms with van der Waals surface area (Å²) >= 11 is 0. The molecule has 1 saturated heterocycles. The summed E-state index contributed by atoms with van der Waals surface area (Å²) in [7, 11) is 0. The lowest BCUT2D eigenvalue weighted by Crippen LogP contribution is -2.43. The SMILES string of the molecule is NC1CCCN(c2nccc(C3CC3)n2)C1. The van der Waals surface area contributed by atoms with Crippen molar-refractivity contribution in [1.29, 1.82) is 0 Å². The van der Waals surface area contributed by atoms with Gasteiger partial charge in [0.05, 0.1) is 0 Å². The third-order valence-corrected chi connectivity index (χ3v) is 3.40. The topological polar surface area (TPSA) is 55.0 Å². The largest absolute Gasteiger partial charge is 0.339 e. The number of hydrogen-bond donors (Lipinski definition) is 1. The maximum atomic E-state index is 5.98. The minimum absolute atomic E-state index is 0.280. The van der Waals surface area contributed by atoms with Crippen LogP contribution in [-0.4, -0.2) is 29.1 Å². The summed E-state index contributed by atoms with van der Waals surface area (Å²) in [6.07, 6.45) is 6.74. The number of anilines is 1. The molecule has 3 rings (SSSR count). The van der Waals surface area contributed by atoms with Crippen molar-refractivity contribution < 1.29 is 0 Å². The van der Waals surface area contributed by atoms with Crippen molar-refractivity contribution in [1.82, 2.24) is 9.97 Å². The summed E-state index contributed by atoms with van der Waals surface area (Å²) in [5, 5.41) is 0. The third kappa shape index (κ3) is 2.02. The van der Waals surface area contributed by atoms with Crippen LogP contribution in [0.3, 0.4) is 0 Å². The first-order chi connectivity index (χ1) is 7.83. The molecule has 1 saturated carbocycles.